The van der Waals surface area contributed by atoms with Gasteiger partial charge in [0, 0.05) is 11.3 Å². The first kappa shape index (κ1) is 29.6. The number of carbonyl (C=O) groups is 1. The van der Waals surface area contributed by atoms with E-state index in [4.69, 9.17) is 4.74 Å². The van der Waals surface area contributed by atoms with Crippen molar-refractivity contribution >= 4 is 34.1 Å². The van der Waals surface area contributed by atoms with Crippen molar-refractivity contribution in [3.63, 3.8) is 0 Å². The first-order chi connectivity index (χ1) is 16.6. The molecule has 5 nitrogen and oxygen atoms in total. The zero-order valence-electron chi connectivity index (χ0n) is 23.0. The van der Waals surface area contributed by atoms with Crippen LogP contribution in [-0.4, -0.2) is 28.0 Å². The van der Waals surface area contributed by atoms with Crippen molar-refractivity contribution in [1.29, 1.82) is 0 Å². The first-order valence-corrected chi connectivity index (χ1v) is 15.0. The number of unbranched alkanes of at least 4 members (excludes halogenated alkanes) is 3. The van der Waals surface area contributed by atoms with Gasteiger partial charge in [-0.25, -0.2) is 0 Å². The Kier molecular flexibility index (Phi) is 11.5. The third-order valence-electron chi connectivity index (χ3n) is 7.05. The Hall–Kier alpha value is -1.60. The molecule has 1 amide bonds. The zero-order valence-corrected chi connectivity index (χ0v) is 24.6. The Morgan fingerprint density at radius 2 is 1.74 bits per heavy atom. The fraction of sp³-hybridized carbons (Fsp3) is 0.679. The fourth-order valence-corrected chi connectivity index (χ4v) is 5.47. The van der Waals surface area contributed by atoms with Gasteiger partial charge in [-0.05, 0) is 48.1 Å². The SMILES string of the molecule is CCCCCCSc1nnc(NC(=O)C(CC)Oc2ccc(C(C)(C)CC)cc2C(C)(C)CC)s1. The van der Waals surface area contributed by atoms with Crippen LogP contribution in [0.5, 0.6) is 5.75 Å². The third-order valence-corrected chi connectivity index (χ3v) is 9.11. The molecule has 1 aromatic carbocycles. The molecule has 35 heavy (non-hydrogen) atoms. The third kappa shape index (κ3) is 8.49. The molecule has 1 N–H and O–H groups in total. The number of nitrogens with one attached hydrogen (secondary N) is 1. The lowest BCUT2D eigenvalue weighted by Gasteiger charge is -2.31. The molecular formula is C28H45N3O2S2. The number of thioether (sulfide) groups is 1. The minimum atomic E-state index is -0.597. The molecule has 1 heterocycles. The van der Waals surface area contributed by atoms with Crippen LogP contribution >= 0.6 is 23.1 Å². The highest BCUT2D eigenvalue weighted by Crippen LogP contribution is 2.39. The molecule has 0 bridgehead atoms. The minimum absolute atomic E-state index is 0.0631. The van der Waals surface area contributed by atoms with E-state index in [1.54, 1.807) is 11.8 Å². The largest absolute Gasteiger partial charge is 0.480 e. The molecule has 1 unspecified atom stereocenters. The predicted octanol–water partition coefficient (Wildman–Crippen LogP) is 8.38. The van der Waals surface area contributed by atoms with Crippen molar-refractivity contribution in [1.82, 2.24) is 10.2 Å². The van der Waals surface area contributed by atoms with Crippen LogP contribution in [0, 0.1) is 0 Å². The van der Waals surface area contributed by atoms with Gasteiger partial charge in [0.1, 0.15) is 5.75 Å². The Morgan fingerprint density at radius 1 is 1.03 bits per heavy atom. The molecule has 0 fully saturated rings. The Balaban J connectivity index is 2.13. The van der Waals surface area contributed by atoms with E-state index in [0.29, 0.717) is 11.6 Å². The molecule has 7 heteroatoms. The molecule has 1 atom stereocenters. The Labute approximate surface area is 221 Å². The van der Waals surface area contributed by atoms with Gasteiger partial charge in [-0.2, -0.15) is 0 Å². The highest BCUT2D eigenvalue weighted by Gasteiger charge is 2.29. The quantitative estimate of drug-likeness (QED) is 0.145. The maximum atomic E-state index is 13.1. The van der Waals surface area contributed by atoms with Crippen molar-refractivity contribution in [2.24, 2.45) is 0 Å². The van der Waals surface area contributed by atoms with Crippen molar-refractivity contribution in [3.05, 3.63) is 29.3 Å². The van der Waals surface area contributed by atoms with Gasteiger partial charge in [-0.3, -0.25) is 10.1 Å². The summed E-state index contributed by atoms with van der Waals surface area (Å²) in [4.78, 5) is 13.1. The number of carbonyl (C=O) groups excluding carboxylic acids is 1. The van der Waals surface area contributed by atoms with Crippen LogP contribution in [0.2, 0.25) is 0 Å². The van der Waals surface area contributed by atoms with Crippen LogP contribution in [0.25, 0.3) is 0 Å². The van der Waals surface area contributed by atoms with Crippen molar-refractivity contribution in [3.8, 4) is 5.75 Å². The Bertz CT molecular complexity index is 940. The average molecular weight is 520 g/mol. The molecule has 0 saturated heterocycles. The van der Waals surface area contributed by atoms with Gasteiger partial charge in [-0.1, -0.05) is 110 Å². The maximum absolute atomic E-state index is 13.1. The summed E-state index contributed by atoms with van der Waals surface area (Å²) in [5, 5.41) is 11.9. The molecule has 0 aliphatic rings. The van der Waals surface area contributed by atoms with Crippen LogP contribution in [0.1, 0.15) is 111 Å². The van der Waals surface area contributed by atoms with E-state index in [0.717, 1.165) is 34.2 Å². The molecular weight excluding hydrogens is 474 g/mol. The number of ether oxygens (including phenoxy) is 1. The number of nitrogens with zero attached hydrogens (tertiary/aromatic N) is 2. The fourth-order valence-electron chi connectivity index (χ4n) is 3.65. The molecule has 196 valence electrons. The summed E-state index contributed by atoms with van der Waals surface area (Å²) in [7, 11) is 0. The number of amides is 1. The van der Waals surface area contributed by atoms with E-state index in [1.165, 1.54) is 42.6 Å². The van der Waals surface area contributed by atoms with Crippen molar-refractivity contribution < 1.29 is 9.53 Å². The van der Waals surface area contributed by atoms with Crippen LogP contribution < -0.4 is 10.1 Å². The molecule has 0 aliphatic heterocycles. The van der Waals surface area contributed by atoms with Crippen LogP contribution in [0.4, 0.5) is 5.13 Å². The van der Waals surface area contributed by atoms with E-state index in [-0.39, 0.29) is 16.7 Å². The summed E-state index contributed by atoms with van der Waals surface area (Å²) in [5.41, 5.74) is 2.48. The van der Waals surface area contributed by atoms with Crippen LogP contribution in [0.3, 0.4) is 0 Å². The van der Waals surface area contributed by atoms with Gasteiger partial charge in [0.05, 0.1) is 0 Å². The lowest BCUT2D eigenvalue weighted by molar-refractivity contribution is -0.122. The number of hydrogen-bond acceptors (Lipinski definition) is 6. The van der Waals surface area contributed by atoms with Crippen molar-refractivity contribution in [2.45, 2.75) is 122 Å². The predicted molar refractivity (Wildman–Crippen MR) is 151 cm³/mol. The van der Waals surface area contributed by atoms with Gasteiger partial charge in [0.25, 0.3) is 5.91 Å². The standard InChI is InChI=1S/C28H45N3O2S2/c1-9-13-14-15-18-34-26-31-30-25(35-26)29-24(32)22(10-2)33-23-17-16-20(27(5,6)11-3)19-21(23)28(7,8)12-4/h16-17,19,22H,9-15,18H2,1-8H3,(H,29,30,32). The number of aromatic nitrogens is 2. The van der Waals surface area contributed by atoms with Crippen LogP contribution in [-0.2, 0) is 15.6 Å². The lowest BCUT2D eigenvalue weighted by Crippen LogP contribution is -2.33. The highest BCUT2D eigenvalue weighted by molar-refractivity contribution is 8.01. The molecule has 2 aromatic rings. The summed E-state index contributed by atoms with van der Waals surface area (Å²) < 4.78 is 7.26. The number of rotatable bonds is 15. The molecule has 1 aromatic heterocycles. The zero-order chi connectivity index (χ0) is 26.1. The smallest absolute Gasteiger partial charge is 0.267 e. The van der Waals surface area contributed by atoms with Gasteiger partial charge in [0.2, 0.25) is 5.13 Å². The summed E-state index contributed by atoms with van der Waals surface area (Å²) in [5.74, 6) is 1.64. The number of anilines is 1. The van der Waals surface area contributed by atoms with E-state index < -0.39 is 6.10 Å². The van der Waals surface area contributed by atoms with E-state index in [1.807, 2.05) is 13.0 Å². The molecule has 0 aliphatic carbocycles. The minimum Gasteiger partial charge on any atom is -0.480 e. The molecule has 2 rings (SSSR count). The number of benzene rings is 1. The van der Waals surface area contributed by atoms with E-state index in [9.17, 15) is 4.79 Å². The first-order valence-electron chi connectivity index (χ1n) is 13.2. The Morgan fingerprint density at radius 3 is 2.37 bits per heavy atom. The van der Waals surface area contributed by atoms with Crippen LogP contribution in [0.15, 0.2) is 22.5 Å². The summed E-state index contributed by atoms with van der Waals surface area (Å²) in [6, 6.07) is 6.48. The summed E-state index contributed by atoms with van der Waals surface area (Å²) in [6.45, 7) is 17.6. The van der Waals surface area contributed by atoms with Gasteiger partial charge in [-0.15, -0.1) is 10.2 Å². The monoisotopic (exact) mass is 519 g/mol. The maximum Gasteiger partial charge on any atom is 0.267 e. The van der Waals surface area contributed by atoms with E-state index in [2.05, 4.69) is 76.1 Å². The average Bonchev–Trinajstić information content (AvgIpc) is 3.29. The summed E-state index contributed by atoms with van der Waals surface area (Å²) >= 11 is 3.14. The second-order valence-corrected chi connectivity index (χ2v) is 12.8. The van der Waals surface area contributed by atoms with Gasteiger partial charge >= 0.3 is 0 Å². The number of hydrogen-bond donors (Lipinski definition) is 1. The van der Waals surface area contributed by atoms with Gasteiger partial charge in [0.15, 0.2) is 10.4 Å². The molecule has 0 saturated carbocycles. The highest BCUT2D eigenvalue weighted by atomic mass is 32.2. The van der Waals surface area contributed by atoms with Crippen molar-refractivity contribution in [2.75, 3.05) is 11.1 Å². The topological polar surface area (TPSA) is 64.1 Å². The van der Waals surface area contributed by atoms with Gasteiger partial charge < -0.3 is 4.74 Å². The second kappa shape index (κ2) is 13.6. The molecule has 0 radical (unpaired) electrons. The van der Waals surface area contributed by atoms with E-state index >= 15 is 0 Å². The second-order valence-electron chi connectivity index (χ2n) is 10.5. The molecule has 0 spiro atoms. The normalized spacial score (nSPS) is 13.0. The lowest BCUT2D eigenvalue weighted by atomic mass is 9.76. The summed E-state index contributed by atoms with van der Waals surface area (Å²) in [6.07, 6.45) is 6.93.